The zero-order valence-electron chi connectivity index (χ0n) is 19.3. The summed E-state index contributed by atoms with van der Waals surface area (Å²) < 4.78 is 0. The Labute approximate surface area is 191 Å². The second kappa shape index (κ2) is 9.05. The van der Waals surface area contributed by atoms with Crippen molar-refractivity contribution >= 4 is 23.7 Å². The van der Waals surface area contributed by atoms with E-state index < -0.39 is 0 Å². The molecule has 170 valence electrons. The van der Waals surface area contributed by atoms with Crippen molar-refractivity contribution < 1.29 is 9.59 Å². The van der Waals surface area contributed by atoms with Crippen LogP contribution in [0.5, 0.6) is 0 Å². The topological polar surface area (TPSA) is 52.7 Å². The Morgan fingerprint density at radius 3 is 2.26 bits per heavy atom. The minimum absolute atomic E-state index is 0.0807. The number of hydrogen-bond donors (Lipinski definition) is 1. The van der Waals surface area contributed by atoms with E-state index in [0.29, 0.717) is 6.04 Å². The van der Waals surface area contributed by atoms with Crippen LogP contribution in [-0.4, -0.2) is 58.0 Å². The molecule has 1 spiro atoms. The van der Waals surface area contributed by atoms with Gasteiger partial charge in [-0.1, -0.05) is 52.2 Å². The molecule has 6 heteroatoms. The van der Waals surface area contributed by atoms with Crippen molar-refractivity contribution in [2.45, 2.75) is 82.0 Å². The lowest BCUT2D eigenvalue weighted by atomic mass is 9.86. The Morgan fingerprint density at radius 2 is 1.65 bits per heavy atom. The Kier molecular flexibility index (Phi) is 6.57. The van der Waals surface area contributed by atoms with E-state index in [4.69, 9.17) is 0 Å². The first-order valence-electron chi connectivity index (χ1n) is 11.9. The van der Waals surface area contributed by atoms with Gasteiger partial charge in [0.2, 0.25) is 0 Å². The third-order valence-corrected chi connectivity index (χ3v) is 8.74. The molecule has 1 N–H and O–H groups in total. The van der Waals surface area contributed by atoms with Crippen LogP contribution in [0.25, 0.3) is 0 Å². The Morgan fingerprint density at radius 1 is 1.00 bits per heavy atom. The van der Waals surface area contributed by atoms with Crippen LogP contribution in [0.2, 0.25) is 0 Å². The smallest absolute Gasteiger partial charge is 0.317 e. The molecular weight excluding hydrogens is 406 g/mol. The summed E-state index contributed by atoms with van der Waals surface area (Å²) in [7, 11) is 0. The van der Waals surface area contributed by atoms with Crippen LogP contribution in [0.3, 0.4) is 0 Å². The van der Waals surface area contributed by atoms with E-state index in [1.54, 1.807) is 0 Å². The molecule has 4 rings (SSSR count). The highest BCUT2D eigenvalue weighted by Crippen LogP contribution is 2.44. The average molecular weight is 444 g/mol. The highest BCUT2D eigenvalue weighted by atomic mass is 32.2. The van der Waals surface area contributed by atoms with E-state index in [1.807, 2.05) is 28.8 Å². The van der Waals surface area contributed by atoms with Crippen molar-refractivity contribution in [2.75, 3.05) is 25.4 Å². The van der Waals surface area contributed by atoms with E-state index in [-0.39, 0.29) is 22.2 Å². The zero-order valence-corrected chi connectivity index (χ0v) is 20.1. The number of nitrogens with one attached hydrogen (secondary N) is 1. The summed E-state index contributed by atoms with van der Waals surface area (Å²) in [5, 5.41) is 3.24. The first-order valence-corrected chi connectivity index (χ1v) is 12.9. The van der Waals surface area contributed by atoms with Gasteiger partial charge in [0, 0.05) is 37.0 Å². The molecule has 3 amide bonds. The number of amides is 3. The molecule has 3 fully saturated rings. The van der Waals surface area contributed by atoms with Crippen LogP contribution in [-0.2, 0) is 5.41 Å². The molecule has 2 heterocycles. The van der Waals surface area contributed by atoms with Crippen molar-refractivity contribution in [3.05, 3.63) is 35.4 Å². The molecule has 0 radical (unpaired) electrons. The molecule has 2 saturated heterocycles. The molecule has 1 saturated carbocycles. The molecular formula is C25H37N3O2S. The molecule has 3 aliphatic rings. The van der Waals surface area contributed by atoms with Crippen LogP contribution < -0.4 is 5.32 Å². The third-order valence-electron chi connectivity index (χ3n) is 7.19. The van der Waals surface area contributed by atoms with E-state index in [1.165, 1.54) is 24.8 Å². The molecule has 1 aliphatic carbocycles. The average Bonchev–Trinajstić information content (AvgIpc) is 3.16. The SMILES string of the molecule is CC(C)(C)c1ccc(C(=O)N2CCSC23CCN(C(=O)NC2CCCCC2)CC3)cc1. The standard InChI is InChI=1S/C25H37N3O2S/c1-24(2,3)20-11-9-19(10-12-20)22(29)28-17-18-31-25(28)13-15-27(16-14-25)23(30)26-21-7-5-4-6-8-21/h9-12,21H,4-8,13-18H2,1-3H3,(H,26,30). The summed E-state index contributed by atoms with van der Waals surface area (Å²) >= 11 is 1.90. The number of rotatable bonds is 2. The number of urea groups is 1. The highest BCUT2D eigenvalue weighted by molar-refractivity contribution is 8.00. The second-order valence-corrected chi connectivity index (χ2v) is 11.8. The first kappa shape index (κ1) is 22.5. The fourth-order valence-corrected chi connectivity index (χ4v) is 6.61. The van der Waals surface area contributed by atoms with E-state index in [9.17, 15) is 9.59 Å². The van der Waals surface area contributed by atoms with Crippen molar-refractivity contribution in [1.29, 1.82) is 0 Å². The lowest BCUT2D eigenvalue weighted by Crippen LogP contribution is -2.56. The monoisotopic (exact) mass is 443 g/mol. The van der Waals surface area contributed by atoms with Crippen LogP contribution in [0.1, 0.15) is 81.6 Å². The van der Waals surface area contributed by atoms with Gasteiger partial charge >= 0.3 is 6.03 Å². The van der Waals surface area contributed by atoms with Gasteiger partial charge < -0.3 is 15.1 Å². The fourth-order valence-electron chi connectivity index (χ4n) is 5.15. The first-order chi connectivity index (χ1) is 14.8. The summed E-state index contributed by atoms with van der Waals surface area (Å²) in [5.41, 5.74) is 2.09. The number of carbonyl (C=O) groups excluding carboxylic acids is 2. The number of benzene rings is 1. The van der Waals surface area contributed by atoms with Gasteiger partial charge in [-0.2, -0.15) is 0 Å². The fraction of sp³-hybridized carbons (Fsp3) is 0.680. The number of nitrogens with zero attached hydrogens (tertiary/aromatic N) is 2. The van der Waals surface area contributed by atoms with Gasteiger partial charge in [0.05, 0.1) is 4.87 Å². The number of hydrogen-bond acceptors (Lipinski definition) is 3. The van der Waals surface area contributed by atoms with Crippen molar-refractivity contribution in [1.82, 2.24) is 15.1 Å². The molecule has 1 aromatic carbocycles. The second-order valence-electron chi connectivity index (χ2n) is 10.4. The van der Waals surface area contributed by atoms with Crippen LogP contribution in [0.4, 0.5) is 4.79 Å². The van der Waals surface area contributed by atoms with Crippen molar-refractivity contribution in [2.24, 2.45) is 0 Å². The number of likely N-dealkylation sites (tertiary alicyclic amines) is 1. The predicted octanol–water partition coefficient (Wildman–Crippen LogP) is 5.01. The van der Waals surface area contributed by atoms with Crippen LogP contribution >= 0.6 is 11.8 Å². The molecule has 1 aromatic rings. The molecule has 0 aromatic heterocycles. The van der Waals surface area contributed by atoms with E-state index in [0.717, 1.165) is 56.6 Å². The van der Waals surface area contributed by atoms with Crippen molar-refractivity contribution in [3.8, 4) is 0 Å². The lowest BCUT2D eigenvalue weighted by molar-refractivity contribution is 0.0579. The molecule has 31 heavy (non-hydrogen) atoms. The molecule has 0 bridgehead atoms. The Balaban J connectivity index is 1.38. The largest absolute Gasteiger partial charge is 0.335 e. The van der Waals surface area contributed by atoms with Gasteiger partial charge in [0.15, 0.2) is 0 Å². The summed E-state index contributed by atoms with van der Waals surface area (Å²) in [4.78, 5) is 30.0. The molecule has 5 nitrogen and oxygen atoms in total. The minimum atomic E-state index is -0.165. The molecule has 2 aliphatic heterocycles. The summed E-state index contributed by atoms with van der Waals surface area (Å²) in [6.45, 7) is 8.80. The minimum Gasteiger partial charge on any atom is -0.335 e. The van der Waals surface area contributed by atoms with Gasteiger partial charge in [0.25, 0.3) is 5.91 Å². The van der Waals surface area contributed by atoms with Gasteiger partial charge in [-0.3, -0.25) is 4.79 Å². The summed E-state index contributed by atoms with van der Waals surface area (Å²) in [6.07, 6.45) is 7.64. The van der Waals surface area contributed by atoms with Crippen LogP contribution in [0, 0.1) is 0 Å². The Bertz CT molecular complexity index is 788. The number of thioether (sulfide) groups is 1. The summed E-state index contributed by atoms with van der Waals surface area (Å²) in [5.74, 6) is 1.10. The zero-order chi connectivity index (χ0) is 22.1. The molecule has 0 unspecified atom stereocenters. The Hall–Kier alpha value is -1.69. The van der Waals surface area contributed by atoms with Gasteiger partial charge in [-0.15, -0.1) is 11.8 Å². The maximum atomic E-state index is 13.4. The van der Waals surface area contributed by atoms with Crippen molar-refractivity contribution in [3.63, 3.8) is 0 Å². The van der Waals surface area contributed by atoms with Crippen LogP contribution in [0.15, 0.2) is 24.3 Å². The highest BCUT2D eigenvalue weighted by Gasteiger charge is 2.47. The van der Waals surface area contributed by atoms with Gasteiger partial charge in [-0.05, 0) is 48.8 Å². The normalized spacial score (nSPS) is 22.0. The maximum Gasteiger partial charge on any atom is 0.317 e. The maximum absolute atomic E-state index is 13.4. The lowest BCUT2D eigenvalue weighted by Gasteiger charge is -2.44. The quantitative estimate of drug-likeness (QED) is 0.699. The molecule has 0 atom stereocenters. The number of carbonyl (C=O) groups is 2. The number of piperidine rings is 1. The van der Waals surface area contributed by atoms with Gasteiger partial charge in [0.1, 0.15) is 0 Å². The third kappa shape index (κ3) is 4.89. The predicted molar refractivity (Wildman–Crippen MR) is 128 cm³/mol. The van der Waals surface area contributed by atoms with Gasteiger partial charge in [-0.25, -0.2) is 4.79 Å². The summed E-state index contributed by atoms with van der Waals surface area (Å²) in [6, 6.07) is 8.55. The van der Waals surface area contributed by atoms with E-state index in [2.05, 4.69) is 43.1 Å². The van der Waals surface area contributed by atoms with E-state index >= 15 is 0 Å².